The van der Waals surface area contributed by atoms with Crippen molar-refractivity contribution in [3.05, 3.63) is 114 Å². The average Bonchev–Trinajstić information content (AvgIpc) is 2.88. The molecule has 0 N–H and O–H groups in total. The Bertz CT molecular complexity index is 1620. The maximum absolute atomic E-state index is 15.1. The second kappa shape index (κ2) is 11.3. The number of non-ortho nitro benzene ring substituents is 2. The number of nitro groups is 2. The molecule has 0 bridgehead atoms. The van der Waals surface area contributed by atoms with Gasteiger partial charge in [-0.05, 0) is 36.4 Å². The lowest BCUT2D eigenvalue weighted by atomic mass is 9.99. The SMILES string of the molecule is O=[N+]([O-])c1ccc(Oc2ccc([N+](=O)[O-])cc2-c2c(F)cc(C(F)(F)F)cc2Cl)c(-c2c(F)cc(C(F)(F)F)cc2Cl)c1. The van der Waals surface area contributed by atoms with E-state index >= 15 is 8.78 Å². The fraction of sp³-hybridized carbons (Fsp3) is 0.0769. The third kappa shape index (κ3) is 6.46. The lowest BCUT2D eigenvalue weighted by molar-refractivity contribution is -0.385. The van der Waals surface area contributed by atoms with Crippen molar-refractivity contribution in [3.63, 3.8) is 0 Å². The van der Waals surface area contributed by atoms with E-state index in [1.807, 2.05) is 0 Å². The molecule has 0 radical (unpaired) electrons. The van der Waals surface area contributed by atoms with E-state index in [0.29, 0.717) is 24.3 Å². The van der Waals surface area contributed by atoms with Crippen LogP contribution >= 0.6 is 23.2 Å². The minimum atomic E-state index is -5.01. The number of hydrogen-bond acceptors (Lipinski definition) is 5. The maximum atomic E-state index is 15.1. The van der Waals surface area contributed by atoms with Crippen LogP contribution in [0.25, 0.3) is 22.3 Å². The van der Waals surface area contributed by atoms with Gasteiger partial charge in [0.2, 0.25) is 0 Å². The number of hydrogen-bond donors (Lipinski definition) is 0. The summed E-state index contributed by atoms with van der Waals surface area (Å²) in [7, 11) is 0. The normalized spacial score (nSPS) is 11.9. The monoisotopic (exact) mass is 652 g/mol. The molecule has 0 aliphatic heterocycles. The number of nitrogens with zero attached hydrogens (tertiary/aromatic N) is 2. The summed E-state index contributed by atoms with van der Waals surface area (Å²) < 4.78 is 115. The van der Waals surface area contributed by atoms with Crippen LogP contribution in [0.5, 0.6) is 11.5 Å². The van der Waals surface area contributed by atoms with Crippen molar-refractivity contribution in [2.45, 2.75) is 12.4 Å². The van der Waals surface area contributed by atoms with Gasteiger partial charge in [-0.1, -0.05) is 23.2 Å². The van der Waals surface area contributed by atoms with Gasteiger partial charge in [0.1, 0.15) is 23.1 Å². The lowest BCUT2D eigenvalue weighted by Crippen LogP contribution is -2.06. The highest BCUT2D eigenvalue weighted by Crippen LogP contribution is 2.47. The molecule has 0 heterocycles. The molecule has 0 spiro atoms. The molecule has 7 nitrogen and oxygen atoms in total. The molecule has 0 amide bonds. The van der Waals surface area contributed by atoms with Gasteiger partial charge < -0.3 is 4.74 Å². The van der Waals surface area contributed by atoms with Crippen molar-refractivity contribution < 1.29 is 49.7 Å². The third-order valence-corrected chi connectivity index (χ3v) is 6.44. The van der Waals surface area contributed by atoms with Crippen molar-refractivity contribution in [2.24, 2.45) is 0 Å². The summed E-state index contributed by atoms with van der Waals surface area (Å²) in [5.41, 5.74) is -6.97. The fourth-order valence-corrected chi connectivity index (χ4v) is 4.56. The van der Waals surface area contributed by atoms with Crippen molar-refractivity contribution in [1.82, 2.24) is 0 Å². The Morgan fingerprint density at radius 1 is 0.605 bits per heavy atom. The molecule has 0 aliphatic rings. The molecule has 0 unspecified atom stereocenters. The first-order valence-electron chi connectivity index (χ1n) is 11.3. The van der Waals surface area contributed by atoms with Gasteiger partial charge in [0.05, 0.1) is 31.0 Å². The van der Waals surface area contributed by atoms with Gasteiger partial charge in [-0.3, -0.25) is 20.2 Å². The van der Waals surface area contributed by atoms with E-state index < -0.39 is 100 Å². The lowest BCUT2D eigenvalue weighted by Gasteiger charge is -2.18. The van der Waals surface area contributed by atoms with Crippen molar-refractivity contribution in [1.29, 1.82) is 0 Å². The van der Waals surface area contributed by atoms with E-state index in [-0.39, 0.29) is 12.1 Å². The van der Waals surface area contributed by atoms with Gasteiger partial charge in [0.15, 0.2) is 0 Å². The second-order valence-electron chi connectivity index (χ2n) is 8.60. The summed E-state index contributed by atoms with van der Waals surface area (Å²) >= 11 is 11.9. The van der Waals surface area contributed by atoms with E-state index in [0.717, 1.165) is 24.3 Å². The van der Waals surface area contributed by atoms with E-state index in [1.54, 1.807) is 0 Å². The van der Waals surface area contributed by atoms with Crippen LogP contribution in [-0.2, 0) is 12.4 Å². The Morgan fingerprint density at radius 2 is 0.953 bits per heavy atom. The Balaban J connectivity index is 1.96. The number of benzene rings is 4. The molecule has 4 aromatic rings. The zero-order chi connectivity index (χ0) is 32.0. The maximum Gasteiger partial charge on any atom is 0.416 e. The van der Waals surface area contributed by atoms with E-state index in [2.05, 4.69) is 0 Å². The van der Waals surface area contributed by atoms with Crippen LogP contribution in [0.1, 0.15) is 11.1 Å². The number of alkyl halides is 6. The summed E-state index contributed by atoms with van der Waals surface area (Å²) in [4.78, 5) is 21.0. The summed E-state index contributed by atoms with van der Waals surface area (Å²) in [5, 5.41) is 21.2. The van der Waals surface area contributed by atoms with E-state index in [1.165, 1.54) is 0 Å². The van der Waals surface area contributed by atoms with Crippen LogP contribution in [0, 0.1) is 31.9 Å². The van der Waals surface area contributed by atoms with Crippen molar-refractivity contribution in [3.8, 4) is 33.8 Å². The Labute approximate surface area is 244 Å². The van der Waals surface area contributed by atoms with Crippen LogP contribution in [0.3, 0.4) is 0 Å². The Kier molecular flexibility index (Phi) is 8.26. The minimum absolute atomic E-state index is 0.0818. The molecule has 0 aromatic heterocycles. The molecule has 0 saturated heterocycles. The third-order valence-electron chi connectivity index (χ3n) is 5.85. The van der Waals surface area contributed by atoms with E-state index in [9.17, 15) is 46.6 Å². The highest BCUT2D eigenvalue weighted by atomic mass is 35.5. The van der Waals surface area contributed by atoms with Crippen LogP contribution in [-0.4, -0.2) is 9.85 Å². The number of ether oxygens (including phenoxy) is 1. The molecule has 0 fully saturated rings. The first kappa shape index (κ1) is 31.4. The summed E-state index contributed by atoms with van der Waals surface area (Å²) in [5.74, 6) is -4.17. The molecule has 0 saturated carbocycles. The number of rotatable bonds is 6. The molecule has 4 aromatic carbocycles. The smallest absolute Gasteiger partial charge is 0.416 e. The first-order valence-corrected chi connectivity index (χ1v) is 12.0. The summed E-state index contributed by atoms with van der Waals surface area (Å²) in [6.07, 6.45) is -10.0. The molecule has 224 valence electrons. The van der Waals surface area contributed by atoms with Crippen LogP contribution in [0.4, 0.5) is 46.5 Å². The highest BCUT2D eigenvalue weighted by molar-refractivity contribution is 6.34. The van der Waals surface area contributed by atoms with Gasteiger partial charge in [0.25, 0.3) is 11.4 Å². The standard InChI is InChI=1S/C26H10Cl2F8N2O5/c27-17-5-11(25(31,32)33)7-19(29)23(17)15-9-13(37(39)40)1-3-21(15)43-22-4-2-14(38(41)42)10-16(22)24-18(28)6-12(8-20(24)30)26(34,35)36/h1-10H. The number of nitro benzene ring substituents is 2. The van der Waals surface area contributed by atoms with Gasteiger partial charge in [-0.15, -0.1) is 0 Å². The average molecular weight is 653 g/mol. The Hall–Kier alpha value is -4.50. The van der Waals surface area contributed by atoms with Gasteiger partial charge >= 0.3 is 12.4 Å². The Morgan fingerprint density at radius 3 is 1.23 bits per heavy atom. The molecular formula is C26H10Cl2F8N2O5. The quantitative estimate of drug-likeness (QED) is 0.117. The van der Waals surface area contributed by atoms with Gasteiger partial charge in [-0.25, -0.2) is 8.78 Å². The van der Waals surface area contributed by atoms with Crippen LogP contribution in [0.2, 0.25) is 10.0 Å². The minimum Gasteiger partial charge on any atom is -0.456 e. The van der Waals surface area contributed by atoms with Crippen molar-refractivity contribution >= 4 is 34.6 Å². The predicted molar refractivity (Wildman–Crippen MR) is 137 cm³/mol. The van der Waals surface area contributed by atoms with Crippen LogP contribution in [0.15, 0.2) is 60.7 Å². The zero-order valence-electron chi connectivity index (χ0n) is 20.5. The fourth-order valence-electron chi connectivity index (χ4n) is 3.94. The molecule has 17 heteroatoms. The second-order valence-corrected chi connectivity index (χ2v) is 9.42. The largest absolute Gasteiger partial charge is 0.456 e. The predicted octanol–water partition coefficient (Wildman–Crippen LogP) is 10.3. The summed E-state index contributed by atoms with van der Waals surface area (Å²) in [6.45, 7) is 0. The zero-order valence-corrected chi connectivity index (χ0v) is 22.0. The molecule has 43 heavy (non-hydrogen) atoms. The van der Waals surface area contributed by atoms with Crippen molar-refractivity contribution in [2.75, 3.05) is 0 Å². The van der Waals surface area contributed by atoms with E-state index in [4.69, 9.17) is 27.9 Å². The summed E-state index contributed by atoms with van der Waals surface area (Å²) in [6, 6.07) is 5.78. The molecular weight excluding hydrogens is 643 g/mol. The highest BCUT2D eigenvalue weighted by Gasteiger charge is 2.34. The topological polar surface area (TPSA) is 95.5 Å². The number of halogens is 10. The molecule has 0 atom stereocenters. The van der Waals surface area contributed by atoms with Gasteiger partial charge in [-0.2, -0.15) is 26.3 Å². The first-order chi connectivity index (χ1) is 19.9. The molecule has 0 aliphatic carbocycles. The van der Waals surface area contributed by atoms with Gasteiger partial charge in [0, 0.05) is 46.5 Å². The van der Waals surface area contributed by atoms with Crippen LogP contribution < -0.4 is 4.74 Å². The molecule has 4 rings (SSSR count).